The van der Waals surface area contributed by atoms with Crippen molar-refractivity contribution in [3.8, 4) is 23.0 Å². The zero-order valence-electron chi connectivity index (χ0n) is 14.4. The van der Waals surface area contributed by atoms with Gasteiger partial charge >= 0.3 is 0 Å². The van der Waals surface area contributed by atoms with E-state index in [9.17, 15) is 4.79 Å². The topological polar surface area (TPSA) is 90.4 Å². The van der Waals surface area contributed by atoms with Crippen molar-refractivity contribution in [2.75, 3.05) is 32.9 Å². The molecule has 8 heteroatoms. The Kier molecular flexibility index (Phi) is 5.43. The molecule has 1 aliphatic rings. The van der Waals surface area contributed by atoms with Crippen molar-refractivity contribution in [2.24, 2.45) is 5.10 Å². The van der Waals surface area contributed by atoms with Crippen LogP contribution in [0.15, 0.2) is 41.5 Å². The minimum atomic E-state index is -0.281. The fraction of sp³-hybridized carbons (Fsp3) is 0.222. The molecule has 8 nitrogen and oxygen atoms in total. The Bertz CT molecular complexity index is 822. The van der Waals surface area contributed by atoms with Crippen LogP contribution in [0.3, 0.4) is 0 Å². The number of ether oxygens (including phenoxy) is 4. The number of carbonyl (C=O) groups is 1. The van der Waals surface area contributed by atoms with Crippen LogP contribution < -0.4 is 29.7 Å². The van der Waals surface area contributed by atoms with Crippen LogP contribution in [-0.4, -0.2) is 39.7 Å². The number of fused-ring (bicyclic) bond motifs is 1. The summed E-state index contributed by atoms with van der Waals surface area (Å²) in [6, 6.07) is 10.8. The number of methoxy groups -OCH3 is 2. The van der Waals surface area contributed by atoms with Crippen LogP contribution in [0.5, 0.6) is 23.0 Å². The van der Waals surface area contributed by atoms with Crippen LogP contribution in [0.2, 0.25) is 0 Å². The van der Waals surface area contributed by atoms with E-state index in [0.717, 1.165) is 5.69 Å². The highest BCUT2D eigenvalue weighted by atomic mass is 16.7. The molecule has 2 aromatic rings. The normalized spacial score (nSPS) is 12.1. The summed E-state index contributed by atoms with van der Waals surface area (Å²) in [6.07, 6.45) is 1.51. The molecule has 1 aliphatic heterocycles. The van der Waals surface area contributed by atoms with Gasteiger partial charge in [0.15, 0.2) is 11.5 Å². The standard InChI is InChI=1S/C18H19N3O5/c1-23-14-5-3-4-13(8-14)19-10-17(22)21-20-9-12-6-15(24-2)18-16(7-12)25-11-26-18/h3-9,19H,10-11H2,1-2H3,(H,21,22)/b20-9-. The van der Waals surface area contributed by atoms with E-state index in [2.05, 4.69) is 15.8 Å². The summed E-state index contributed by atoms with van der Waals surface area (Å²) in [5, 5.41) is 6.94. The molecule has 0 aliphatic carbocycles. The molecule has 3 rings (SSSR count). The van der Waals surface area contributed by atoms with Crippen LogP contribution in [0, 0.1) is 0 Å². The number of hydrogen-bond acceptors (Lipinski definition) is 7. The Balaban J connectivity index is 1.54. The number of carbonyl (C=O) groups excluding carboxylic acids is 1. The second kappa shape index (κ2) is 8.11. The number of nitrogens with zero attached hydrogens (tertiary/aromatic N) is 1. The van der Waals surface area contributed by atoms with Crippen molar-refractivity contribution in [3.63, 3.8) is 0 Å². The van der Waals surface area contributed by atoms with Gasteiger partial charge in [-0.2, -0.15) is 5.10 Å². The van der Waals surface area contributed by atoms with E-state index in [0.29, 0.717) is 28.6 Å². The molecule has 1 heterocycles. The third-order valence-corrected chi connectivity index (χ3v) is 3.61. The Morgan fingerprint density at radius 2 is 2.12 bits per heavy atom. The largest absolute Gasteiger partial charge is 0.497 e. The van der Waals surface area contributed by atoms with Crippen LogP contribution in [0.4, 0.5) is 5.69 Å². The second-order valence-electron chi connectivity index (χ2n) is 5.34. The smallest absolute Gasteiger partial charge is 0.259 e. The van der Waals surface area contributed by atoms with Crippen LogP contribution in [0.1, 0.15) is 5.56 Å². The molecule has 0 aromatic heterocycles. The number of hydrogen-bond donors (Lipinski definition) is 2. The SMILES string of the molecule is COc1cccc(NCC(=O)N/N=C\c2cc(OC)c3c(c2)OCO3)c1. The molecule has 0 unspecified atom stereocenters. The lowest BCUT2D eigenvalue weighted by Gasteiger charge is -2.07. The predicted molar refractivity (Wildman–Crippen MR) is 96.3 cm³/mol. The van der Waals surface area contributed by atoms with Crippen LogP contribution in [0.25, 0.3) is 0 Å². The maximum Gasteiger partial charge on any atom is 0.259 e. The van der Waals surface area contributed by atoms with Crippen LogP contribution in [-0.2, 0) is 4.79 Å². The van der Waals surface area contributed by atoms with Gasteiger partial charge in [-0.05, 0) is 24.3 Å². The van der Waals surface area contributed by atoms with Crippen LogP contribution >= 0.6 is 0 Å². The van der Waals surface area contributed by atoms with Gasteiger partial charge in [-0.25, -0.2) is 5.43 Å². The summed E-state index contributed by atoms with van der Waals surface area (Å²) in [5.41, 5.74) is 3.96. The lowest BCUT2D eigenvalue weighted by atomic mass is 10.2. The molecule has 0 saturated heterocycles. The summed E-state index contributed by atoms with van der Waals surface area (Å²) in [5.74, 6) is 2.13. The molecular weight excluding hydrogens is 338 g/mol. The summed E-state index contributed by atoms with van der Waals surface area (Å²) in [4.78, 5) is 11.9. The van der Waals surface area contributed by atoms with Gasteiger partial charge in [0.25, 0.3) is 5.91 Å². The second-order valence-corrected chi connectivity index (χ2v) is 5.34. The van der Waals surface area contributed by atoms with Gasteiger partial charge in [-0.1, -0.05) is 6.07 Å². The van der Waals surface area contributed by atoms with Crippen molar-refractivity contribution in [1.29, 1.82) is 0 Å². The lowest BCUT2D eigenvalue weighted by Crippen LogP contribution is -2.25. The fourth-order valence-electron chi connectivity index (χ4n) is 2.36. The number of nitrogens with one attached hydrogen (secondary N) is 2. The molecule has 1 amide bonds. The van der Waals surface area contributed by atoms with Crippen molar-refractivity contribution < 1.29 is 23.7 Å². The van der Waals surface area contributed by atoms with E-state index in [1.54, 1.807) is 32.4 Å². The highest BCUT2D eigenvalue weighted by Gasteiger charge is 2.19. The van der Waals surface area contributed by atoms with E-state index >= 15 is 0 Å². The van der Waals surface area contributed by atoms with E-state index in [-0.39, 0.29) is 19.2 Å². The first-order valence-corrected chi connectivity index (χ1v) is 7.87. The molecule has 26 heavy (non-hydrogen) atoms. The third-order valence-electron chi connectivity index (χ3n) is 3.61. The zero-order valence-corrected chi connectivity index (χ0v) is 14.4. The Labute approximate surface area is 150 Å². The number of hydrazone groups is 1. The third kappa shape index (κ3) is 4.15. The predicted octanol–water partition coefficient (Wildman–Crippen LogP) is 1.99. The van der Waals surface area contributed by atoms with Crippen molar-refractivity contribution in [1.82, 2.24) is 5.43 Å². The Morgan fingerprint density at radius 1 is 1.23 bits per heavy atom. The molecule has 0 fully saturated rings. The summed E-state index contributed by atoms with van der Waals surface area (Å²) in [6.45, 7) is 0.230. The van der Waals surface area contributed by atoms with Gasteiger partial charge in [0, 0.05) is 17.3 Å². The summed E-state index contributed by atoms with van der Waals surface area (Å²) >= 11 is 0. The first kappa shape index (κ1) is 17.4. The Hall–Kier alpha value is -3.42. The maximum atomic E-state index is 11.9. The lowest BCUT2D eigenvalue weighted by molar-refractivity contribution is -0.119. The molecule has 0 bridgehead atoms. The summed E-state index contributed by atoms with van der Waals surface area (Å²) in [7, 11) is 3.13. The zero-order chi connectivity index (χ0) is 18.4. The van der Waals surface area contributed by atoms with Crippen molar-refractivity contribution in [3.05, 3.63) is 42.0 Å². The summed E-state index contributed by atoms with van der Waals surface area (Å²) < 4.78 is 21.1. The number of amides is 1. The average Bonchev–Trinajstić information content (AvgIpc) is 3.14. The molecule has 136 valence electrons. The number of anilines is 1. The molecule has 0 spiro atoms. The molecule has 0 saturated carbocycles. The molecule has 0 radical (unpaired) electrons. The Morgan fingerprint density at radius 3 is 2.92 bits per heavy atom. The maximum absolute atomic E-state index is 11.9. The monoisotopic (exact) mass is 357 g/mol. The van der Waals surface area contributed by atoms with Gasteiger partial charge < -0.3 is 24.3 Å². The quantitative estimate of drug-likeness (QED) is 0.582. The van der Waals surface area contributed by atoms with E-state index in [1.807, 2.05) is 18.2 Å². The fourth-order valence-corrected chi connectivity index (χ4v) is 2.36. The van der Waals surface area contributed by atoms with Gasteiger partial charge in [0.2, 0.25) is 12.5 Å². The number of benzene rings is 2. The minimum Gasteiger partial charge on any atom is -0.497 e. The molecule has 0 atom stereocenters. The average molecular weight is 357 g/mol. The minimum absolute atomic E-state index is 0.0783. The van der Waals surface area contributed by atoms with Crippen molar-refractivity contribution in [2.45, 2.75) is 0 Å². The first-order valence-electron chi connectivity index (χ1n) is 7.87. The molecule has 2 aromatic carbocycles. The highest BCUT2D eigenvalue weighted by Crippen LogP contribution is 2.41. The van der Waals surface area contributed by atoms with E-state index in [1.165, 1.54) is 6.21 Å². The van der Waals surface area contributed by atoms with E-state index in [4.69, 9.17) is 18.9 Å². The van der Waals surface area contributed by atoms with Gasteiger partial charge in [-0.15, -0.1) is 0 Å². The van der Waals surface area contributed by atoms with Gasteiger partial charge in [0.05, 0.1) is 27.0 Å². The van der Waals surface area contributed by atoms with E-state index < -0.39 is 0 Å². The highest BCUT2D eigenvalue weighted by molar-refractivity contribution is 5.85. The van der Waals surface area contributed by atoms with Gasteiger partial charge in [-0.3, -0.25) is 4.79 Å². The molecular formula is C18H19N3O5. The van der Waals surface area contributed by atoms with Gasteiger partial charge in [0.1, 0.15) is 5.75 Å². The first-order chi connectivity index (χ1) is 12.7. The molecule has 2 N–H and O–H groups in total. The number of rotatable bonds is 7. The van der Waals surface area contributed by atoms with Crippen molar-refractivity contribution >= 4 is 17.8 Å².